The summed E-state index contributed by atoms with van der Waals surface area (Å²) >= 11 is 12.1. The number of halogens is 3. The molecule has 0 spiro atoms. The Balaban J connectivity index is 1.83. The van der Waals surface area contributed by atoms with E-state index >= 15 is 0 Å². The molecule has 0 aromatic heterocycles. The Morgan fingerprint density at radius 2 is 1.85 bits per heavy atom. The van der Waals surface area contributed by atoms with Crippen molar-refractivity contribution < 1.29 is 13.9 Å². The maximum Gasteiger partial charge on any atom is 0.271 e. The molecule has 0 atom stereocenters. The van der Waals surface area contributed by atoms with Crippen molar-refractivity contribution in [2.45, 2.75) is 20.5 Å². The third kappa shape index (κ3) is 6.46. The second kappa shape index (κ2) is 11.7. The Bertz CT molecular complexity index is 1130. The van der Waals surface area contributed by atoms with Gasteiger partial charge in [-0.15, -0.1) is 0 Å². The number of hydrazone groups is 1. The van der Waals surface area contributed by atoms with Crippen LogP contribution in [0.3, 0.4) is 0 Å². The Kier molecular flexibility index (Phi) is 8.69. The fraction of sp³-hybridized carbons (Fsp3) is 0.200. The number of hydrogen-bond acceptors (Lipinski definition) is 4. The van der Waals surface area contributed by atoms with Crippen molar-refractivity contribution in [3.63, 3.8) is 0 Å². The number of carbonyl (C=O) groups is 1. The Morgan fingerprint density at radius 3 is 2.55 bits per heavy atom. The second-order valence-electron chi connectivity index (χ2n) is 7.09. The number of ether oxygens (including phenoxy) is 1. The molecule has 1 N–H and O–H groups in total. The zero-order valence-corrected chi connectivity index (χ0v) is 19.8. The molecule has 3 rings (SSSR count). The van der Waals surface area contributed by atoms with Crippen molar-refractivity contribution in [2.24, 2.45) is 5.10 Å². The molecule has 0 heterocycles. The monoisotopic (exact) mass is 487 g/mol. The number of nitrogens with one attached hydrogen (secondary N) is 1. The Labute approximate surface area is 202 Å². The third-order valence-electron chi connectivity index (χ3n) is 5.02. The number of rotatable bonds is 9. The van der Waals surface area contributed by atoms with Crippen LogP contribution in [0.2, 0.25) is 10.0 Å². The molecular formula is C25H24Cl2FN3O2. The lowest BCUT2D eigenvalue weighted by Gasteiger charge is -2.22. The first-order chi connectivity index (χ1) is 15.9. The average Bonchev–Trinajstić information content (AvgIpc) is 2.80. The maximum atomic E-state index is 14.2. The van der Waals surface area contributed by atoms with Gasteiger partial charge in [-0.3, -0.25) is 4.79 Å². The summed E-state index contributed by atoms with van der Waals surface area (Å²) in [5.41, 5.74) is 4.71. The van der Waals surface area contributed by atoms with Gasteiger partial charge < -0.3 is 9.64 Å². The van der Waals surface area contributed by atoms with E-state index in [-0.39, 0.29) is 12.2 Å². The Hall–Kier alpha value is -3.09. The molecule has 3 aromatic rings. The zero-order valence-electron chi connectivity index (χ0n) is 18.3. The van der Waals surface area contributed by atoms with Gasteiger partial charge in [0.05, 0.1) is 11.2 Å². The summed E-state index contributed by atoms with van der Waals surface area (Å²) in [6.07, 6.45) is 1.48. The summed E-state index contributed by atoms with van der Waals surface area (Å²) in [7, 11) is 0. The van der Waals surface area contributed by atoms with Gasteiger partial charge in [-0.1, -0.05) is 35.3 Å². The van der Waals surface area contributed by atoms with Crippen LogP contribution in [0.4, 0.5) is 10.1 Å². The van der Waals surface area contributed by atoms with Gasteiger partial charge in [0.25, 0.3) is 5.91 Å². The fourth-order valence-corrected chi connectivity index (χ4v) is 3.62. The average molecular weight is 488 g/mol. The van der Waals surface area contributed by atoms with Crippen LogP contribution in [-0.4, -0.2) is 25.2 Å². The minimum atomic E-state index is -0.439. The minimum Gasteiger partial charge on any atom is -0.488 e. The lowest BCUT2D eigenvalue weighted by atomic mass is 10.1. The van der Waals surface area contributed by atoms with E-state index in [2.05, 4.69) is 29.3 Å². The number of nitrogens with zero attached hydrogens (tertiary/aromatic N) is 2. The highest BCUT2D eigenvalue weighted by molar-refractivity contribution is 6.31. The molecule has 0 bridgehead atoms. The first kappa shape index (κ1) is 24.6. The molecule has 8 heteroatoms. The number of hydrogen-bond donors (Lipinski definition) is 1. The molecule has 33 heavy (non-hydrogen) atoms. The molecule has 0 fully saturated rings. The minimum absolute atomic E-state index is 0.0527. The molecule has 0 aliphatic rings. The van der Waals surface area contributed by atoms with Gasteiger partial charge in [-0.2, -0.15) is 5.10 Å². The highest BCUT2D eigenvalue weighted by Crippen LogP contribution is 2.27. The van der Waals surface area contributed by atoms with Crippen molar-refractivity contribution in [1.29, 1.82) is 0 Å². The summed E-state index contributed by atoms with van der Waals surface area (Å²) in [6.45, 7) is 5.70. The van der Waals surface area contributed by atoms with E-state index in [1.807, 2.05) is 18.2 Å². The van der Waals surface area contributed by atoms with Gasteiger partial charge in [0.2, 0.25) is 0 Å². The highest BCUT2D eigenvalue weighted by Gasteiger charge is 2.12. The van der Waals surface area contributed by atoms with Crippen LogP contribution in [0.1, 0.15) is 35.3 Å². The molecule has 0 saturated carbocycles. The number of carbonyl (C=O) groups excluding carboxylic acids is 1. The number of amides is 1. The molecule has 3 aromatic carbocycles. The predicted molar refractivity (Wildman–Crippen MR) is 132 cm³/mol. The first-order valence-electron chi connectivity index (χ1n) is 10.5. The lowest BCUT2D eigenvalue weighted by Crippen LogP contribution is -2.22. The van der Waals surface area contributed by atoms with Crippen LogP contribution >= 0.6 is 23.2 Å². The fourth-order valence-electron chi connectivity index (χ4n) is 3.22. The smallest absolute Gasteiger partial charge is 0.271 e. The molecule has 0 unspecified atom stereocenters. The molecule has 0 aliphatic carbocycles. The number of benzene rings is 3. The van der Waals surface area contributed by atoms with E-state index in [1.165, 1.54) is 12.3 Å². The zero-order chi connectivity index (χ0) is 23.8. The van der Waals surface area contributed by atoms with Crippen molar-refractivity contribution in [3.8, 4) is 5.75 Å². The highest BCUT2D eigenvalue weighted by atomic mass is 35.5. The van der Waals surface area contributed by atoms with Crippen molar-refractivity contribution in [3.05, 3.63) is 93.2 Å². The van der Waals surface area contributed by atoms with Crippen molar-refractivity contribution >= 4 is 41.0 Å². The summed E-state index contributed by atoms with van der Waals surface area (Å²) in [5, 5.41) is 4.80. The SMILES string of the molecule is CCN(CC)c1ccc(/C=N/NC(=O)c2cccc(Cl)c2)c(OCc2c(F)cccc2Cl)c1. The van der Waals surface area contributed by atoms with Gasteiger partial charge in [0, 0.05) is 46.6 Å². The van der Waals surface area contributed by atoms with E-state index in [1.54, 1.807) is 36.4 Å². The first-order valence-corrected chi connectivity index (χ1v) is 11.2. The third-order valence-corrected chi connectivity index (χ3v) is 5.61. The van der Waals surface area contributed by atoms with E-state index < -0.39 is 11.7 Å². The Morgan fingerprint density at radius 1 is 1.09 bits per heavy atom. The van der Waals surface area contributed by atoms with E-state index in [9.17, 15) is 9.18 Å². The topological polar surface area (TPSA) is 53.9 Å². The summed E-state index contributed by atoms with van der Waals surface area (Å²) in [4.78, 5) is 14.5. The molecule has 172 valence electrons. The quantitative estimate of drug-likeness (QED) is 0.283. The van der Waals surface area contributed by atoms with Crippen LogP contribution in [0.25, 0.3) is 0 Å². The van der Waals surface area contributed by atoms with Gasteiger partial charge >= 0.3 is 0 Å². The summed E-state index contributed by atoms with van der Waals surface area (Å²) in [5.74, 6) is -0.347. The van der Waals surface area contributed by atoms with Crippen LogP contribution in [0.15, 0.2) is 65.8 Å². The molecule has 1 amide bonds. The normalized spacial score (nSPS) is 10.9. The van der Waals surface area contributed by atoms with Crippen LogP contribution in [0.5, 0.6) is 5.75 Å². The van der Waals surface area contributed by atoms with Gasteiger partial charge in [0.1, 0.15) is 18.2 Å². The second-order valence-corrected chi connectivity index (χ2v) is 7.94. The molecule has 0 aliphatic heterocycles. The van der Waals surface area contributed by atoms with Crippen LogP contribution in [-0.2, 0) is 6.61 Å². The summed E-state index contributed by atoms with van der Waals surface area (Å²) < 4.78 is 20.1. The molecule has 0 saturated heterocycles. The largest absolute Gasteiger partial charge is 0.488 e. The molecule has 5 nitrogen and oxygen atoms in total. The molecule has 0 radical (unpaired) electrons. The van der Waals surface area contributed by atoms with E-state index in [0.29, 0.717) is 26.9 Å². The standard InChI is InChI=1S/C25H24Cl2FN3O2/c1-3-31(4-2)20-12-11-18(15-29-30-25(32)17-7-5-8-19(26)13-17)24(14-20)33-16-21-22(27)9-6-10-23(21)28/h5-15H,3-4,16H2,1-2H3,(H,30,32)/b29-15+. The van der Waals surface area contributed by atoms with Crippen LogP contribution in [0, 0.1) is 5.82 Å². The van der Waals surface area contributed by atoms with Gasteiger partial charge in [-0.05, 0) is 56.3 Å². The number of anilines is 1. The predicted octanol–water partition coefficient (Wildman–Crippen LogP) is 6.32. The maximum absolute atomic E-state index is 14.2. The molecular weight excluding hydrogens is 464 g/mol. The lowest BCUT2D eigenvalue weighted by molar-refractivity contribution is 0.0955. The van der Waals surface area contributed by atoms with E-state index in [4.69, 9.17) is 27.9 Å². The van der Waals surface area contributed by atoms with Crippen LogP contribution < -0.4 is 15.1 Å². The van der Waals surface area contributed by atoms with Gasteiger partial charge in [-0.25, -0.2) is 9.82 Å². The van der Waals surface area contributed by atoms with Crippen molar-refractivity contribution in [1.82, 2.24) is 5.43 Å². The van der Waals surface area contributed by atoms with E-state index in [0.717, 1.165) is 18.8 Å². The van der Waals surface area contributed by atoms with Crippen molar-refractivity contribution in [2.75, 3.05) is 18.0 Å². The van der Waals surface area contributed by atoms with Gasteiger partial charge in [0.15, 0.2) is 0 Å². The summed E-state index contributed by atoms with van der Waals surface area (Å²) in [6, 6.07) is 16.7.